The minimum atomic E-state index is 0. The molecule has 0 N–H and O–H groups in total. The zero-order chi connectivity index (χ0) is 20.0. The summed E-state index contributed by atoms with van der Waals surface area (Å²) in [6, 6.07) is 23.2. The van der Waals surface area contributed by atoms with Gasteiger partial charge in [0.15, 0.2) is 0 Å². The third-order valence-corrected chi connectivity index (χ3v) is 3.56. The van der Waals surface area contributed by atoms with Gasteiger partial charge in [-0.3, -0.25) is 19.9 Å². The maximum Gasteiger partial charge on any atom is 1.00 e. The molecule has 0 atom stereocenters. The fourth-order valence-electron chi connectivity index (χ4n) is 2.25. The van der Waals surface area contributed by atoms with Gasteiger partial charge < -0.3 is 9.97 Å². The van der Waals surface area contributed by atoms with E-state index in [0.29, 0.717) is 0 Å². The van der Waals surface area contributed by atoms with Crippen molar-refractivity contribution in [3.05, 3.63) is 116 Å². The normalized spacial score (nSPS) is 9.07. The van der Waals surface area contributed by atoms with E-state index in [1.807, 2.05) is 72.8 Å². The van der Waals surface area contributed by atoms with Crippen LogP contribution < -0.4 is 4.98 Å². The number of hydrogen-bond acceptors (Lipinski definition) is 5. The first-order chi connectivity index (χ1) is 14.4. The Morgan fingerprint density at radius 1 is 0.467 bits per heavy atom. The molecule has 0 aliphatic rings. The Bertz CT molecular complexity index is 861. The minimum absolute atomic E-state index is 0. The topological polar surface area (TPSA) is 78.5 Å². The first kappa shape index (κ1) is 22.7. The molecule has 5 heterocycles. The molecule has 149 valence electrons. The van der Waals surface area contributed by atoms with Crippen LogP contribution in [0.25, 0.3) is 22.8 Å². The van der Waals surface area contributed by atoms with Crippen LogP contribution in [0.15, 0.2) is 116 Å². The van der Waals surface area contributed by atoms with Gasteiger partial charge in [0, 0.05) is 24.8 Å². The standard InChI is InChI=1S/2C10H8N2.C3H3N2.Os/c2*1-3-7-11-9(5-1)10-6-2-4-8-12-10;1-2-5-3-4-1;/h2*1-8H;1-3H;/q;;-1;+1. The molecular formula is C23H19N6Os. The van der Waals surface area contributed by atoms with Crippen LogP contribution in [0.2, 0.25) is 0 Å². The van der Waals surface area contributed by atoms with Crippen molar-refractivity contribution in [2.45, 2.75) is 0 Å². The summed E-state index contributed by atoms with van der Waals surface area (Å²) in [7, 11) is 0. The molecule has 0 unspecified atom stereocenters. The first-order valence-corrected chi connectivity index (χ1v) is 8.95. The summed E-state index contributed by atoms with van der Waals surface area (Å²) in [5.74, 6) is 0. The number of imidazole rings is 1. The van der Waals surface area contributed by atoms with Crippen molar-refractivity contribution < 1.29 is 19.8 Å². The van der Waals surface area contributed by atoms with Crippen LogP contribution in [-0.4, -0.2) is 24.9 Å². The van der Waals surface area contributed by atoms with Crippen LogP contribution in [0.3, 0.4) is 0 Å². The quantitative estimate of drug-likeness (QED) is 0.315. The Morgan fingerprint density at radius 3 is 1.00 bits per heavy atom. The van der Waals surface area contributed by atoms with Gasteiger partial charge in [-0.05, 0) is 48.5 Å². The van der Waals surface area contributed by atoms with Crippen LogP contribution in [0.4, 0.5) is 0 Å². The van der Waals surface area contributed by atoms with Crippen molar-refractivity contribution in [3.63, 3.8) is 0 Å². The van der Waals surface area contributed by atoms with Crippen LogP contribution >= 0.6 is 0 Å². The maximum absolute atomic E-state index is 4.19. The number of nitrogens with zero attached hydrogens (tertiary/aromatic N) is 6. The predicted octanol–water partition coefficient (Wildman–Crippen LogP) is 4.32. The second-order valence-corrected chi connectivity index (χ2v) is 5.57. The van der Waals surface area contributed by atoms with Gasteiger partial charge in [0.1, 0.15) is 0 Å². The first-order valence-electron chi connectivity index (χ1n) is 8.95. The van der Waals surface area contributed by atoms with E-state index < -0.39 is 0 Å². The Balaban J connectivity index is 0.000000170. The van der Waals surface area contributed by atoms with E-state index in [2.05, 4.69) is 29.9 Å². The molecule has 5 aromatic heterocycles. The summed E-state index contributed by atoms with van der Waals surface area (Å²) >= 11 is 0. The van der Waals surface area contributed by atoms with Crippen molar-refractivity contribution in [2.75, 3.05) is 0 Å². The van der Waals surface area contributed by atoms with Gasteiger partial charge in [0.05, 0.1) is 22.8 Å². The Kier molecular flexibility index (Phi) is 10.3. The SMILES string of the molecule is [Os+].c1c[n-]cn1.c1ccc(-c2ccccn2)nc1.c1ccc(-c2ccccn2)nc1. The summed E-state index contributed by atoms with van der Waals surface area (Å²) in [5.41, 5.74) is 3.66. The summed E-state index contributed by atoms with van der Waals surface area (Å²) in [5, 5.41) is 0. The maximum atomic E-state index is 4.19. The molecule has 0 bridgehead atoms. The van der Waals surface area contributed by atoms with Gasteiger partial charge in [0.25, 0.3) is 0 Å². The summed E-state index contributed by atoms with van der Waals surface area (Å²) < 4.78 is 0. The molecule has 6 nitrogen and oxygen atoms in total. The largest absolute Gasteiger partial charge is 1.00 e. The van der Waals surface area contributed by atoms with Gasteiger partial charge in [0.2, 0.25) is 0 Å². The molecule has 0 amide bonds. The van der Waals surface area contributed by atoms with Crippen LogP contribution in [-0.2, 0) is 19.8 Å². The molecule has 5 rings (SSSR count). The van der Waals surface area contributed by atoms with Crippen molar-refractivity contribution in [3.8, 4) is 22.8 Å². The van der Waals surface area contributed by atoms with E-state index in [1.54, 1.807) is 37.2 Å². The third kappa shape index (κ3) is 7.82. The molecule has 0 aliphatic heterocycles. The molecular weight excluding hydrogens is 551 g/mol. The van der Waals surface area contributed by atoms with Gasteiger partial charge >= 0.3 is 19.8 Å². The second kappa shape index (κ2) is 13.6. The average molecular weight is 570 g/mol. The van der Waals surface area contributed by atoms with Crippen molar-refractivity contribution in [2.24, 2.45) is 0 Å². The van der Waals surface area contributed by atoms with E-state index in [9.17, 15) is 0 Å². The molecule has 1 radical (unpaired) electrons. The summed E-state index contributed by atoms with van der Waals surface area (Å²) in [6.07, 6.45) is 11.8. The molecule has 0 fully saturated rings. The number of pyridine rings is 4. The van der Waals surface area contributed by atoms with Gasteiger partial charge in [-0.25, -0.2) is 0 Å². The molecule has 0 saturated carbocycles. The van der Waals surface area contributed by atoms with Gasteiger partial charge in [-0.1, -0.05) is 43.0 Å². The monoisotopic (exact) mass is 571 g/mol. The molecule has 0 spiro atoms. The van der Waals surface area contributed by atoms with Crippen LogP contribution in [0.1, 0.15) is 0 Å². The fraction of sp³-hybridized carbons (Fsp3) is 0. The van der Waals surface area contributed by atoms with Gasteiger partial charge in [-0.2, -0.15) is 0 Å². The molecule has 30 heavy (non-hydrogen) atoms. The third-order valence-electron chi connectivity index (χ3n) is 3.56. The zero-order valence-corrected chi connectivity index (χ0v) is 18.5. The van der Waals surface area contributed by atoms with E-state index >= 15 is 0 Å². The van der Waals surface area contributed by atoms with E-state index in [0.717, 1.165) is 22.8 Å². The van der Waals surface area contributed by atoms with Crippen molar-refractivity contribution in [1.82, 2.24) is 29.9 Å². The van der Waals surface area contributed by atoms with E-state index in [4.69, 9.17) is 0 Å². The van der Waals surface area contributed by atoms with Crippen molar-refractivity contribution in [1.29, 1.82) is 0 Å². The zero-order valence-electron chi connectivity index (χ0n) is 16.0. The number of rotatable bonds is 2. The molecule has 0 aliphatic carbocycles. The Labute approximate surface area is 188 Å². The second-order valence-electron chi connectivity index (χ2n) is 5.57. The summed E-state index contributed by atoms with van der Waals surface area (Å²) in [6.45, 7) is 0. The predicted molar refractivity (Wildman–Crippen MR) is 112 cm³/mol. The van der Waals surface area contributed by atoms with E-state index in [-0.39, 0.29) is 19.8 Å². The number of hydrogen-bond donors (Lipinski definition) is 0. The number of aromatic nitrogens is 6. The Morgan fingerprint density at radius 2 is 0.833 bits per heavy atom. The van der Waals surface area contributed by atoms with Crippen LogP contribution in [0.5, 0.6) is 0 Å². The average Bonchev–Trinajstić information content (AvgIpc) is 3.42. The molecule has 7 heteroatoms. The van der Waals surface area contributed by atoms with Gasteiger partial charge in [-0.15, -0.1) is 0 Å². The smallest absolute Gasteiger partial charge is 0.450 e. The fourth-order valence-corrected chi connectivity index (χ4v) is 2.25. The summed E-state index contributed by atoms with van der Waals surface area (Å²) in [4.78, 5) is 24.0. The molecule has 0 aromatic carbocycles. The van der Waals surface area contributed by atoms with Crippen molar-refractivity contribution >= 4 is 0 Å². The molecule has 0 saturated heterocycles. The minimum Gasteiger partial charge on any atom is -0.450 e. The molecule has 5 aromatic rings. The Hall–Kier alpha value is -3.55. The van der Waals surface area contributed by atoms with E-state index in [1.165, 1.54) is 6.33 Å². The van der Waals surface area contributed by atoms with Crippen LogP contribution in [0, 0.1) is 0 Å².